The lowest BCUT2D eigenvalue weighted by Gasteiger charge is -2.32. The Balaban J connectivity index is 0.00000264. The van der Waals surface area contributed by atoms with Crippen LogP contribution >= 0.6 is 24.0 Å². The van der Waals surface area contributed by atoms with Crippen molar-refractivity contribution < 1.29 is 4.74 Å². The van der Waals surface area contributed by atoms with Crippen LogP contribution in [0.25, 0.3) is 0 Å². The number of guanidine groups is 1. The van der Waals surface area contributed by atoms with Crippen molar-refractivity contribution in [1.82, 2.24) is 15.5 Å². The number of ether oxygens (including phenoxy) is 1. The lowest BCUT2D eigenvalue weighted by atomic mass is 9.87. The van der Waals surface area contributed by atoms with Crippen LogP contribution < -0.4 is 10.6 Å². The van der Waals surface area contributed by atoms with Gasteiger partial charge in [0.15, 0.2) is 5.96 Å². The highest BCUT2D eigenvalue weighted by Crippen LogP contribution is 2.23. The zero-order chi connectivity index (χ0) is 15.8. The quantitative estimate of drug-likeness (QED) is 0.394. The normalized spacial score (nSPS) is 27.9. The fraction of sp³-hybridized carbons (Fsp3) is 0.941. The third-order valence-corrected chi connectivity index (χ3v) is 4.88. The van der Waals surface area contributed by atoms with Crippen molar-refractivity contribution >= 4 is 29.9 Å². The number of morpholine rings is 1. The molecule has 0 aromatic rings. The highest BCUT2D eigenvalue weighted by molar-refractivity contribution is 14.0. The fourth-order valence-corrected chi connectivity index (χ4v) is 3.27. The van der Waals surface area contributed by atoms with Gasteiger partial charge in [-0.3, -0.25) is 9.89 Å². The molecule has 2 fully saturated rings. The molecule has 2 aliphatic rings. The fourth-order valence-electron chi connectivity index (χ4n) is 3.27. The molecule has 1 saturated heterocycles. The van der Waals surface area contributed by atoms with E-state index in [2.05, 4.69) is 36.3 Å². The summed E-state index contributed by atoms with van der Waals surface area (Å²) in [4.78, 5) is 7.28. The van der Waals surface area contributed by atoms with Crippen molar-refractivity contribution in [1.29, 1.82) is 0 Å². The molecule has 0 spiro atoms. The Morgan fingerprint density at radius 1 is 1.22 bits per heavy atom. The molecule has 2 rings (SSSR count). The molecule has 6 heteroatoms. The third kappa shape index (κ3) is 7.56. The Hall–Kier alpha value is -0.0800. The molecule has 1 aliphatic carbocycles. The zero-order valence-corrected chi connectivity index (χ0v) is 17.3. The lowest BCUT2D eigenvalue weighted by Crippen LogP contribution is -2.46. The molecule has 1 atom stereocenters. The summed E-state index contributed by atoms with van der Waals surface area (Å²) in [5.74, 6) is 1.88. The van der Waals surface area contributed by atoms with Crippen molar-refractivity contribution in [3.8, 4) is 0 Å². The van der Waals surface area contributed by atoms with Gasteiger partial charge in [-0.15, -0.1) is 24.0 Å². The summed E-state index contributed by atoms with van der Waals surface area (Å²) in [6.07, 6.45) is 5.21. The molecular formula is C17H35IN4O. The Morgan fingerprint density at radius 3 is 2.48 bits per heavy atom. The second kappa shape index (κ2) is 11.5. The second-order valence-electron chi connectivity index (χ2n) is 6.82. The van der Waals surface area contributed by atoms with E-state index in [9.17, 15) is 0 Å². The molecule has 0 amide bonds. The van der Waals surface area contributed by atoms with E-state index in [1.807, 2.05) is 0 Å². The first-order valence-corrected chi connectivity index (χ1v) is 9.05. The van der Waals surface area contributed by atoms with Gasteiger partial charge in [-0.05, 0) is 45.4 Å². The summed E-state index contributed by atoms with van der Waals surface area (Å²) < 4.78 is 5.42. The molecule has 136 valence electrons. The largest absolute Gasteiger partial charge is 0.379 e. The van der Waals surface area contributed by atoms with Crippen LogP contribution in [-0.2, 0) is 4.74 Å². The highest BCUT2D eigenvalue weighted by atomic mass is 127. The van der Waals surface area contributed by atoms with Gasteiger partial charge >= 0.3 is 0 Å². The summed E-state index contributed by atoms with van der Waals surface area (Å²) in [6.45, 7) is 12.3. The first-order chi connectivity index (χ1) is 10.7. The smallest absolute Gasteiger partial charge is 0.191 e. The van der Waals surface area contributed by atoms with Crippen molar-refractivity contribution in [2.45, 2.75) is 58.5 Å². The maximum atomic E-state index is 5.42. The van der Waals surface area contributed by atoms with Crippen molar-refractivity contribution in [3.05, 3.63) is 0 Å². The van der Waals surface area contributed by atoms with E-state index in [4.69, 9.17) is 9.73 Å². The van der Waals surface area contributed by atoms with E-state index in [0.29, 0.717) is 12.1 Å². The van der Waals surface area contributed by atoms with Gasteiger partial charge in [-0.2, -0.15) is 0 Å². The Kier molecular flexibility index (Phi) is 10.5. The van der Waals surface area contributed by atoms with Gasteiger partial charge in [0.05, 0.1) is 19.8 Å². The van der Waals surface area contributed by atoms with Gasteiger partial charge in [0.25, 0.3) is 0 Å². The molecule has 2 N–H and O–H groups in total. The van der Waals surface area contributed by atoms with Crippen molar-refractivity contribution in [2.75, 3.05) is 39.4 Å². The Labute approximate surface area is 159 Å². The number of halogens is 1. The standard InChI is InChI=1S/C17H34N4O.HI/c1-4-18-17(20-16-7-5-14(2)6-8-16)19-13-15(3)21-9-11-22-12-10-21;/h14-16H,4-13H2,1-3H3,(H2,18,19,20);1H. The summed E-state index contributed by atoms with van der Waals surface area (Å²) >= 11 is 0. The molecular weight excluding hydrogens is 403 g/mol. The maximum absolute atomic E-state index is 5.42. The van der Waals surface area contributed by atoms with Gasteiger partial charge < -0.3 is 15.4 Å². The van der Waals surface area contributed by atoms with Gasteiger partial charge in [0.2, 0.25) is 0 Å². The van der Waals surface area contributed by atoms with Crippen LogP contribution in [0.1, 0.15) is 46.5 Å². The number of hydrogen-bond acceptors (Lipinski definition) is 3. The average molecular weight is 438 g/mol. The van der Waals surface area contributed by atoms with Crippen LogP contribution in [0.5, 0.6) is 0 Å². The first-order valence-electron chi connectivity index (χ1n) is 9.05. The van der Waals surface area contributed by atoms with Crippen LogP contribution in [0.2, 0.25) is 0 Å². The Bertz CT molecular complexity index is 339. The summed E-state index contributed by atoms with van der Waals surface area (Å²) in [5.41, 5.74) is 0. The highest BCUT2D eigenvalue weighted by Gasteiger charge is 2.20. The summed E-state index contributed by atoms with van der Waals surface area (Å²) in [6, 6.07) is 1.07. The minimum Gasteiger partial charge on any atom is -0.379 e. The number of aliphatic imine (C=N–C) groups is 1. The van der Waals surface area contributed by atoms with Crippen molar-refractivity contribution in [3.63, 3.8) is 0 Å². The average Bonchev–Trinajstić information content (AvgIpc) is 2.55. The predicted octanol–water partition coefficient (Wildman–Crippen LogP) is 2.46. The number of hydrogen-bond donors (Lipinski definition) is 2. The molecule has 5 nitrogen and oxygen atoms in total. The SMILES string of the molecule is CCNC(=NCC(C)N1CCOCC1)NC1CCC(C)CC1.I. The van der Waals surface area contributed by atoms with E-state index < -0.39 is 0 Å². The number of nitrogens with one attached hydrogen (secondary N) is 2. The topological polar surface area (TPSA) is 48.9 Å². The van der Waals surface area contributed by atoms with Gasteiger partial charge in [-0.25, -0.2) is 0 Å². The molecule has 0 aromatic heterocycles. The third-order valence-electron chi connectivity index (χ3n) is 4.88. The molecule has 1 unspecified atom stereocenters. The molecule has 23 heavy (non-hydrogen) atoms. The van der Waals surface area contributed by atoms with Gasteiger partial charge in [0, 0.05) is 31.7 Å². The zero-order valence-electron chi connectivity index (χ0n) is 15.0. The maximum Gasteiger partial charge on any atom is 0.191 e. The predicted molar refractivity (Wildman–Crippen MR) is 108 cm³/mol. The van der Waals surface area contributed by atoms with Crippen LogP contribution in [-0.4, -0.2) is 62.3 Å². The van der Waals surface area contributed by atoms with Gasteiger partial charge in [-0.1, -0.05) is 6.92 Å². The first kappa shape index (κ1) is 21.0. The molecule has 1 aliphatic heterocycles. The van der Waals surface area contributed by atoms with E-state index in [1.54, 1.807) is 0 Å². The number of nitrogens with zero attached hydrogens (tertiary/aromatic N) is 2. The van der Waals surface area contributed by atoms with Crippen LogP contribution in [0, 0.1) is 5.92 Å². The number of rotatable bonds is 5. The van der Waals surface area contributed by atoms with E-state index in [1.165, 1.54) is 25.7 Å². The molecule has 1 saturated carbocycles. The monoisotopic (exact) mass is 438 g/mol. The van der Waals surface area contributed by atoms with Crippen LogP contribution in [0.15, 0.2) is 4.99 Å². The minimum atomic E-state index is 0. The van der Waals surface area contributed by atoms with Crippen LogP contribution in [0.3, 0.4) is 0 Å². The molecule has 1 heterocycles. The summed E-state index contributed by atoms with van der Waals surface area (Å²) in [5, 5.41) is 7.03. The minimum absolute atomic E-state index is 0. The van der Waals surface area contributed by atoms with E-state index in [-0.39, 0.29) is 24.0 Å². The Morgan fingerprint density at radius 2 is 1.87 bits per heavy atom. The molecule has 0 radical (unpaired) electrons. The summed E-state index contributed by atoms with van der Waals surface area (Å²) in [7, 11) is 0. The molecule has 0 bridgehead atoms. The molecule has 0 aromatic carbocycles. The van der Waals surface area contributed by atoms with Gasteiger partial charge in [0.1, 0.15) is 0 Å². The van der Waals surface area contributed by atoms with Crippen molar-refractivity contribution in [2.24, 2.45) is 10.9 Å². The van der Waals surface area contributed by atoms with E-state index >= 15 is 0 Å². The lowest BCUT2D eigenvalue weighted by molar-refractivity contribution is 0.0220. The van der Waals surface area contributed by atoms with Crippen LogP contribution in [0.4, 0.5) is 0 Å². The second-order valence-corrected chi connectivity index (χ2v) is 6.82. The van der Waals surface area contributed by atoms with E-state index in [0.717, 1.165) is 51.3 Å².